The summed E-state index contributed by atoms with van der Waals surface area (Å²) in [5.41, 5.74) is 0.369. The molecule has 0 bridgehead atoms. The van der Waals surface area contributed by atoms with Gasteiger partial charge in [0.1, 0.15) is 11.8 Å². The molecule has 0 amide bonds. The molecule has 0 atom stereocenters. The second-order valence-corrected chi connectivity index (χ2v) is 7.42. The van der Waals surface area contributed by atoms with Crippen molar-refractivity contribution in [2.45, 2.75) is 52.0 Å². The first kappa shape index (κ1) is 18.7. The maximum absolute atomic E-state index is 8.80. The number of hydrogen-bond donors (Lipinski definition) is 0. The van der Waals surface area contributed by atoms with Crippen molar-refractivity contribution in [3.05, 3.63) is 25.1 Å². The van der Waals surface area contributed by atoms with E-state index in [1.165, 1.54) is 51.3 Å². The largest absolute Gasteiger partial charge is 0.376 e. The van der Waals surface area contributed by atoms with Crippen molar-refractivity contribution in [3.63, 3.8) is 0 Å². The molecule has 4 nitrogen and oxygen atoms in total. The lowest BCUT2D eigenvalue weighted by Crippen LogP contribution is -2.39. The number of piperidine rings is 2. The highest BCUT2D eigenvalue weighted by atomic mass is 15.1. The van der Waals surface area contributed by atoms with E-state index < -0.39 is 0 Å². The van der Waals surface area contributed by atoms with Crippen LogP contribution in [0.5, 0.6) is 0 Å². The lowest BCUT2D eigenvalue weighted by atomic mass is 9.82. The van der Waals surface area contributed by atoms with Gasteiger partial charge in [-0.25, -0.2) is 4.99 Å². The fraction of sp³-hybridized carbons (Fsp3) is 0.700. The predicted molar refractivity (Wildman–Crippen MR) is 101 cm³/mol. The van der Waals surface area contributed by atoms with Crippen LogP contribution in [0.15, 0.2) is 30.0 Å². The molecule has 24 heavy (non-hydrogen) atoms. The van der Waals surface area contributed by atoms with Crippen LogP contribution in [-0.4, -0.2) is 47.7 Å². The van der Waals surface area contributed by atoms with Crippen molar-refractivity contribution in [1.29, 1.82) is 5.26 Å². The SMILES string of the molecule is C=CC(C#N)=N/C=C/N1CCC(CC2CCN(C(C)C)CC2)CC1. The standard InChI is InChI=1S/C20H32N4/c1-4-20(16-21)22-9-14-23-10-5-18(6-11-23)15-19-7-12-24(13-8-19)17(2)3/h4,9,14,17-19H,1,5-8,10-13,15H2,2-3H3/b14-9+,22-20?. The molecule has 132 valence electrons. The van der Waals surface area contributed by atoms with Crippen LogP contribution >= 0.6 is 0 Å². The molecule has 0 aromatic rings. The maximum Gasteiger partial charge on any atom is 0.139 e. The van der Waals surface area contributed by atoms with Crippen molar-refractivity contribution in [2.75, 3.05) is 26.2 Å². The first-order valence-corrected chi connectivity index (χ1v) is 9.37. The predicted octanol–water partition coefficient (Wildman–Crippen LogP) is 3.83. The molecule has 0 aliphatic carbocycles. The fourth-order valence-corrected chi connectivity index (χ4v) is 3.85. The Labute approximate surface area is 147 Å². The number of hydrogen-bond acceptors (Lipinski definition) is 4. The van der Waals surface area contributed by atoms with Crippen LogP contribution in [0.4, 0.5) is 0 Å². The third-order valence-electron chi connectivity index (χ3n) is 5.49. The van der Waals surface area contributed by atoms with E-state index in [1.54, 1.807) is 6.20 Å². The molecule has 0 unspecified atom stereocenters. The molecule has 2 aliphatic heterocycles. The average Bonchev–Trinajstić information content (AvgIpc) is 2.60. The summed E-state index contributed by atoms with van der Waals surface area (Å²) in [4.78, 5) is 9.03. The molecule has 4 heteroatoms. The van der Waals surface area contributed by atoms with Gasteiger partial charge in [0.05, 0.1) is 0 Å². The minimum atomic E-state index is 0.369. The lowest BCUT2D eigenvalue weighted by molar-refractivity contribution is 0.125. The van der Waals surface area contributed by atoms with Gasteiger partial charge < -0.3 is 9.80 Å². The van der Waals surface area contributed by atoms with E-state index in [0.29, 0.717) is 11.8 Å². The highest BCUT2D eigenvalue weighted by molar-refractivity contribution is 6.07. The van der Waals surface area contributed by atoms with Gasteiger partial charge in [-0.05, 0) is 77.0 Å². The Hall–Kier alpha value is -1.60. The Morgan fingerprint density at radius 3 is 2.25 bits per heavy atom. The van der Waals surface area contributed by atoms with Crippen LogP contribution in [0.2, 0.25) is 0 Å². The lowest BCUT2D eigenvalue weighted by Gasteiger charge is -2.37. The van der Waals surface area contributed by atoms with E-state index in [-0.39, 0.29) is 0 Å². The average molecular weight is 329 g/mol. The van der Waals surface area contributed by atoms with E-state index in [2.05, 4.69) is 35.2 Å². The second-order valence-electron chi connectivity index (χ2n) is 7.42. The molecule has 2 heterocycles. The zero-order chi connectivity index (χ0) is 17.4. The van der Waals surface area contributed by atoms with Crippen molar-refractivity contribution in [1.82, 2.24) is 9.80 Å². The summed E-state index contributed by atoms with van der Waals surface area (Å²) >= 11 is 0. The molecule has 2 aliphatic rings. The molecule has 0 N–H and O–H groups in total. The zero-order valence-electron chi connectivity index (χ0n) is 15.3. The van der Waals surface area contributed by atoms with Gasteiger partial charge >= 0.3 is 0 Å². The normalized spacial score (nSPS) is 22.2. The van der Waals surface area contributed by atoms with Gasteiger partial charge in [0, 0.05) is 31.5 Å². The quantitative estimate of drug-likeness (QED) is 0.696. The molecule has 2 rings (SSSR count). The van der Waals surface area contributed by atoms with Gasteiger partial charge in [0.15, 0.2) is 0 Å². The Balaban J connectivity index is 1.68. The zero-order valence-corrected chi connectivity index (χ0v) is 15.3. The Kier molecular flexibility index (Phi) is 7.52. The summed E-state index contributed by atoms with van der Waals surface area (Å²) < 4.78 is 0. The van der Waals surface area contributed by atoms with E-state index in [4.69, 9.17) is 5.26 Å². The summed E-state index contributed by atoms with van der Waals surface area (Å²) in [5.74, 6) is 1.82. The summed E-state index contributed by atoms with van der Waals surface area (Å²) in [7, 11) is 0. The van der Waals surface area contributed by atoms with Gasteiger partial charge in [-0.1, -0.05) is 6.58 Å². The number of nitriles is 1. The maximum atomic E-state index is 8.80. The van der Waals surface area contributed by atoms with Crippen molar-refractivity contribution < 1.29 is 0 Å². The van der Waals surface area contributed by atoms with E-state index in [1.807, 2.05) is 12.3 Å². The molecule has 0 aromatic carbocycles. The van der Waals surface area contributed by atoms with Crippen LogP contribution < -0.4 is 0 Å². The molecule has 2 fully saturated rings. The molecule has 0 aromatic heterocycles. The molecule has 0 saturated carbocycles. The van der Waals surface area contributed by atoms with Gasteiger partial charge in [0.2, 0.25) is 0 Å². The number of nitrogens with zero attached hydrogens (tertiary/aromatic N) is 4. The second kappa shape index (κ2) is 9.64. The highest BCUT2D eigenvalue weighted by Gasteiger charge is 2.25. The van der Waals surface area contributed by atoms with Gasteiger partial charge in [-0.2, -0.15) is 5.26 Å². The van der Waals surface area contributed by atoms with Crippen LogP contribution in [-0.2, 0) is 0 Å². The third kappa shape index (κ3) is 5.79. The highest BCUT2D eigenvalue weighted by Crippen LogP contribution is 2.30. The minimum absolute atomic E-state index is 0.369. The van der Waals surface area contributed by atoms with Gasteiger partial charge in [0.25, 0.3) is 0 Å². The van der Waals surface area contributed by atoms with Crippen LogP contribution in [0.3, 0.4) is 0 Å². The van der Waals surface area contributed by atoms with E-state index in [0.717, 1.165) is 24.9 Å². The summed E-state index contributed by atoms with van der Waals surface area (Å²) in [5, 5.41) is 8.80. The van der Waals surface area contributed by atoms with Gasteiger partial charge in [-0.3, -0.25) is 0 Å². The number of rotatable bonds is 6. The Morgan fingerprint density at radius 2 is 1.75 bits per heavy atom. The van der Waals surface area contributed by atoms with Crippen molar-refractivity contribution >= 4 is 5.71 Å². The van der Waals surface area contributed by atoms with Crippen molar-refractivity contribution in [3.8, 4) is 6.07 Å². The van der Waals surface area contributed by atoms with Gasteiger partial charge in [-0.15, -0.1) is 0 Å². The minimum Gasteiger partial charge on any atom is -0.376 e. The first-order chi connectivity index (χ1) is 11.6. The summed E-state index contributed by atoms with van der Waals surface area (Å²) in [6, 6.07) is 2.71. The molecular formula is C20H32N4. The van der Waals surface area contributed by atoms with E-state index in [9.17, 15) is 0 Å². The molecule has 0 radical (unpaired) electrons. The smallest absolute Gasteiger partial charge is 0.139 e. The Morgan fingerprint density at radius 1 is 1.17 bits per heavy atom. The summed E-state index contributed by atoms with van der Waals surface area (Å²) in [6.07, 6.45) is 12.0. The monoisotopic (exact) mass is 328 g/mol. The van der Waals surface area contributed by atoms with Crippen molar-refractivity contribution in [2.24, 2.45) is 16.8 Å². The number of aliphatic imine (C=N–C) groups is 1. The number of allylic oxidation sites excluding steroid dienone is 1. The van der Waals surface area contributed by atoms with Crippen LogP contribution in [0, 0.1) is 23.2 Å². The molecular weight excluding hydrogens is 296 g/mol. The molecule has 0 spiro atoms. The Bertz CT molecular complexity index is 484. The topological polar surface area (TPSA) is 42.6 Å². The molecule has 2 saturated heterocycles. The van der Waals surface area contributed by atoms with Crippen LogP contribution in [0.1, 0.15) is 46.0 Å². The fourth-order valence-electron chi connectivity index (χ4n) is 3.85. The summed E-state index contributed by atoms with van der Waals surface area (Å²) in [6.45, 7) is 13.0. The van der Waals surface area contributed by atoms with E-state index >= 15 is 0 Å². The third-order valence-corrected chi connectivity index (χ3v) is 5.49. The van der Waals surface area contributed by atoms with Crippen LogP contribution in [0.25, 0.3) is 0 Å². The number of likely N-dealkylation sites (tertiary alicyclic amines) is 2. The first-order valence-electron chi connectivity index (χ1n) is 9.37.